The molecule has 0 radical (unpaired) electrons. The van der Waals surface area contributed by atoms with Crippen LogP contribution in [-0.4, -0.2) is 0 Å². The summed E-state index contributed by atoms with van der Waals surface area (Å²) in [7, 11) is 0. The highest BCUT2D eigenvalue weighted by Crippen LogP contribution is 2.68. The van der Waals surface area contributed by atoms with Gasteiger partial charge >= 0.3 is 0 Å². The zero-order chi connectivity index (χ0) is 20.1. The molecule has 4 fully saturated rings. The Hall–Kier alpha value is 0. The molecule has 0 bridgehead atoms. The maximum absolute atomic E-state index is 2.75. The highest BCUT2D eigenvalue weighted by atomic mass is 14.6. The quantitative estimate of drug-likeness (QED) is 0.443. The third-order valence-corrected chi connectivity index (χ3v) is 11.6. The molecule has 4 aliphatic carbocycles. The van der Waals surface area contributed by atoms with E-state index in [-0.39, 0.29) is 0 Å². The van der Waals surface area contributed by atoms with Crippen LogP contribution in [0.25, 0.3) is 0 Å². The Morgan fingerprint density at radius 1 is 0.714 bits per heavy atom. The maximum atomic E-state index is 2.75. The van der Waals surface area contributed by atoms with Crippen LogP contribution in [0.5, 0.6) is 0 Å². The second-order valence-electron chi connectivity index (χ2n) is 12.9. The summed E-state index contributed by atoms with van der Waals surface area (Å²) in [6.07, 6.45) is 18.4. The molecular formula is C28H50. The van der Waals surface area contributed by atoms with Crippen LogP contribution in [0.1, 0.15) is 119 Å². The molecule has 0 aliphatic heterocycles. The van der Waals surface area contributed by atoms with Crippen LogP contribution in [0.4, 0.5) is 0 Å². The van der Waals surface area contributed by atoms with Crippen LogP contribution in [0.15, 0.2) is 0 Å². The average Bonchev–Trinajstić information content (AvgIpc) is 3.02. The van der Waals surface area contributed by atoms with E-state index in [1.165, 1.54) is 25.7 Å². The summed E-state index contributed by atoms with van der Waals surface area (Å²) < 4.78 is 0. The third kappa shape index (κ3) is 3.41. The van der Waals surface area contributed by atoms with Crippen molar-refractivity contribution in [1.29, 1.82) is 0 Å². The van der Waals surface area contributed by atoms with Crippen molar-refractivity contribution in [3.63, 3.8) is 0 Å². The Bertz CT molecular complexity index is 534. The molecule has 0 heteroatoms. The van der Waals surface area contributed by atoms with Crippen molar-refractivity contribution in [2.45, 2.75) is 119 Å². The summed E-state index contributed by atoms with van der Waals surface area (Å²) >= 11 is 0. The van der Waals surface area contributed by atoms with Crippen molar-refractivity contribution in [3.8, 4) is 0 Å². The van der Waals surface area contributed by atoms with Gasteiger partial charge < -0.3 is 0 Å². The molecule has 0 heterocycles. The van der Waals surface area contributed by atoms with Crippen molar-refractivity contribution < 1.29 is 0 Å². The Morgan fingerprint density at radius 3 is 2.21 bits per heavy atom. The molecule has 0 spiro atoms. The second-order valence-corrected chi connectivity index (χ2v) is 12.9. The van der Waals surface area contributed by atoms with Gasteiger partial charge in [0.15, 0.2) is 0 Å². The van der Waals surface area contributed by atoms with Gasteiger partial charge in [0, 0.05) is 0 Å². The fraction of sp³-hybridized carbons (Fsp3) is 1.00. The second kappa shape index (κ2) is 7.92. The van der Waals surface area contributed by atoms with Gasteiger partial charge in [0.05, 0.1) is 0 Å². The molecule has 4 rings (SSSR count). The van der Waals surface area contributed by atoms with Gasteiger partial charge in [-0.2, -0.15) is 0 Å². The molecule has 1 unspecified atom stereocenters. The van der Waals surface area contributed by atoms with Gasteiger partial charge in [-0.15, -0.1) is 0 Å². The van der Waals surface area contributed by atoms with Gasteiger partial charge in [-0.05, 0) is 110 Å². The van der Waals surface area contributed by atoms with Gasteiger partial charge in [0.2, 0.25) is 0 Å². The Labute approximate surface area is 177 Å². The molecule has 0 saturated heterocycles. The van der Waals surface area contributed by atoms with E-state index in [9.17, 15) is 0 Å². The highest BCUT2D eigenvalue weighted by molar-refractivity contribution is 5.09. The Morgan fingerprint density at radius 2 is 1.46 bits per heavy atom. The molecule has 4 saturated carbocycles. The minimum atomic E-state index is 0.666. The van der Waals surface area contributed by atoms with E-state index in [1.807, 2.05) is 0 Å². The fourth-order valence-electron chi connectivity index (χ4n) is 9.33. The van der Waals surface area contributed by atoms with Crippen LogP contribution in [0.2, 0.25) is 0 Å². The van der Waals surface area contributed by atoms with Gasteiger partial charge in [0.1, 0.15) is 0 Å². The lowest BCUT2D eigenvalue weighted by molar-refractivity contribution is -0.114. The van der Waals surface area contributed by atoms with E-state index in [2.05, 4.69) is 41.5 Å². The summed E-state index contributed by atoms with van der Waals surface area (Å²) in [5.74, 6) is 7.96. The summed E-state index contributed by atoms with van der Waals surface area (Å²) in [4.78, 5) is 0. The molecular weight excluding hydrogens is 336 g/mol. The first kappa shape index (κ1) is 21.2. The number of fused-ring (bicyclic) bond motifs is 5. The van der Waals surface area contributed by atoms with E-state index in [4.69, 9.17) is 0 Å². The minimum Gasteiger partial charge on any atom is -0.0625 e. The van der Waals surface area contributed by atoms with Crippen molar-refractivity contribution in [1.82, 2.24) is 0 Å². The topological polar surface area (TPSA) is 0 Å². The molecule has 0 amide bonds. The van der Waals surface area contributed by atoms with Crippen molar-refractivity contribution in [2.24, 2.45) is 58.2 Å². The smallest absolute Gasteiger partial charge is 0.0264 e. The van der Waals surface area contributed by atoms with E-state index < -0.39 is 0 Å². The lowest BCUT2D eigenvalue weighted by atomic mass is 9.44. The maximum Gasteiger partial charge on any atom is -0.0264 e. The molecule has 0 aromatic rings. The molecule has 162 valence electrons. The lowest BCUT2D eigenvalue weighted by Crippen LogP contribution is -2.53. The predicted octanol–water partition coefficient (Wildman–Crippen LogP) is 8.74. The van der Waals surface area contributed by atoms with Crippen LogP contribution in [-0.2, 0) is 0 Å². The zero-order valence-corrected chi connectivity index (χ0v) is 20.1. The predicted molar refractivity (Wildman–Crippen MR) is 122 cm³/mol. The van der Waals surface area contributed by atoms with Crippen LogP contribution >= 0.6 is 0 Å². The standard InChI is InChI=1S/C28H50/c1-19(2)20(3)10-11-21(4)24-14-15-25-23-13-12-22-9-7-8-17-27(22,5)26(23)16-18-28(24,25)6/h19-26H,7-18H2,1-6H3/t20-,21+,22?,23-,24+,25-,26-,27+,28+/m0/s1. The first-order chi connectivity index (χ1) is 13.3. The summed E-state index contributed by atoms with van der Waals surface area (Å²) in [5.41, 5.74) is 1.37. The Balaban J connectivity index is 1.46. The molecule has 9 atom stereocenters. The van der Waals surface area contributed by atoms with Crippen molar-refractivity contribution >= 4 is 0 Å². The number of hydrogen-bond acceptors (Lipinski definition) is 0. The van der Waals surface area contributed by atoms with Gasteiger partial charge in [-0.3, -0.25) is 0 Å². The van der Waals surface area contributed by atoms with Gasteiger partial charge in [0.25, 0.3) is 0 Å². The third-order valence-electron chi connectivity index (χ3n) is 11.6. The van der Waals surface area contributed by atoms with Crippen LogP contribution in [0.3, 0.4) is 0 Å². The van der Waals surface area contributed by atoms with Crippen molar-refractivity contribution in [3.05, 3.63) is 0 Å². The largest absolute Gasteiger partial charge is 0.0625 e. The molecule has 0 aromatic carbocycles. The summed E-state index contributed by atoms with van der Waals surface area (Å²) in [6, 6.07) is 0. The van der Waals surface area contributed by atoms with Crippen LogP contribution in [0, 0.1) is 58.2 Å². The molecule has 0 nitrogen and oxygen atoms in total. The Kier molecular flexibility index (Phi) is 6.01. The average molecular weight is 387 g/mol. The SMILES string of the molecule is CC(C)[C@@H](C)CC[C@@H](C)[C@H]1CC[C@H]2[C@@H]3CCC4CCCC[C@@]4(C)[C@H]3CC[C@]12C. The van der Waals surface area contributed by atoms with E-state index in [1.54, 1.807) is 51.4 Å². The molecule has 28 heavy (non-hydrogen) atoms. The number of hydrogen-bond donors (Lipinski definition) is 0. The molecule has 4 aliphatic rings. The number of rotatable bonds is 5. The fourth-order valence-corrected chi connectivity index (χ4v) is 9.33. The lowest BCUT2D eigenvalue weighted by Gasteiger charge is -2.61. The minimum absolute atomic E-state index is 0.666. The van der Waals surface area contributed by atoms with Gasteiger partial charge in [-0.1, -0.05) is 67.2 Å². The zero-order valence-electron chi connectivity index (χ0n) is 20.1. The summed E-state index contributed by atoms with van der Waals surface area (Å²) in [6.45, 7) is 15.4. The van der Waals surface area contributed by atoms with E-state index in [0.717, 1.165) is 47.3 Å². The first-order valence-electron chi connectivity index (χ1n) is 13.3. The van der Waals surface area contributed by atoms with Gasteiger partial charge in [-0.25, -0.2) is 0 Å². The monoisotopic (exact) mass is 386 g/mol. The van der Waals surface area contributed by atoms with E-state index in [0.29, 0.717) is 10.8 Å². The van der Waals surface area contributed by atoms with Crippen LogP contribution < -0.4 is 0 Å². The first-order valence-corrected chi connectivity index (χ1v) is 13.3. The molecule has 0 N–H and O–H groups in total. The summed E-state index contributed by atoms with van der Waals surface area (Å²) in [5, 5.41) is 0. The van der Waals surface area contributed by atoms with E-state index >= 15 is 0 Å². The highest BCUT2D eigenvalue weighted by Gasteiger charge is 2.60. The van der Waals surface area contributed by atoms with Crippen molar-refractivity contribution in [2.75, 3.05) is 0 Å². The molecule has 0 aromatic heterocycles. The normalized spacial score (nSPS) is 47.9.